The summed E-state index contributed by atoms with van der Waals surface area (Å²) in [5, 5.41) is 3.85. The van der Waals surface area contributed by atoms with Gasteiger partial charge in [-0.2, -0.15) is 0 Å². The van der Waals surface area contributed by atoms with E-state index in [1.807, 2.05) is 25.1 Å². The van der Waals surface area contributed by atoms with E-state index in [2.05, 4.69) is 17.4 Å². The molecule has 1 aliphatic heterocycles. The van der Waals surface area contributed by atoms with Gasteiger partial charge in [0.15, 0.2) is 0 Å². The molecule has 2 aromatic carbocycles. The predicted molar refractivity (Wildman–Crippen MR) is 126 cm³/mol. The summed E-state index contributed by atoms with van der Waals surface area (Å²) in [7, 11) is -3.59. The number of rotatable bonds is 8. The molecule has 3 rings (SSSR count). The lowest BCUT2D eigenvalue weighted by atomic mass is 9.98. The largest absolute Gasteiger partial charge is 0.353 e. The second-order valence-electron chi connectivity index (χ2n) is 8.12. The van der Waals surface area contributed by atoms with Crippen molar-refractivity contribution in [3.05, 3.63) is 69.7 Å². The van der Waals surface area contributed by atoms with Crippen molar-refractivity contribution in [3.63, 3.8) is 0 Å². The fraction of sp³-hybridized carbons (Fsp3) is 0.435. The molecule has 168 valence electrons. The molecule has 0 aromatic heterocycles. The molecule has 2 unspecified atom stereocenters. The molecule has 1 heterocycles. The van der Waals surface area contributed by atoms with Gasteiger partial charge in [-0.3, -0.25) is 4.79 Å². The summed E-state index contributed by atoms with van der Waals surface area (Å²) >= 11 is 12.1. The van der Waals surface area contributed by atoms with Gasteiger partial charge >= 0.3 is 0 Å². The minimum atomic E-state index is -3.59. The molecule has 0 saturated carbocycles. The van der Waals surface area contributed by atoms with Crippen LogP contribution in [0.3, 0.4) is 0 Å². The molecule has 31 heavy (non-hydrogen) atoms. The number of nitrogens with zero attached hydrogens (tertiary/aromatic N) is 1. The van der Waals surface area contributed by atoms with E-state index in [0.29, 0.717) is 35.0 Å². The molecule has 2 aromatic rings. The molecular weight excluding hydrogens is 455 g/mol. The molecular formula is C23H28Cl2N2O3S. The zero-order valence-corrected chi connectivity index (χ0v) is 19.9. The van der Waals surface area contributed by atoms with Gasteiger partial charge in [0.25, 0.3) is 0 Å². The Hall–Kier alpha value is -1.60. The van der Waals surface area contributed by atoms with Crippen LogP contribution >= 0.6 is 23.2 Å². The summed E-state index contributed by atoms with van der Waals surface area (Å²) in [6, 6.07) is 15.0. The highest BCUT2D eigenvalue weighted by molar-refractivity contribution is 7.88. The van der Waals surface area contributed by atoms with Crippen molar-refractivity contribution in [3.8, 4) is 0 Å². The number of carbonyl (C=O) groups excluding carboxylic acids is 1. The van der Waals surface area contributed by atoms with Crippen molar-refractivity contribution in [2.75, 3.05) is 13.1 Å². The summed E-state index contributed by atoms with van der Waals surface area (Å²) in [6.45, 7) is 2.60. The van der Waals surface area contributed by atoms with E-state index in [1.165, 1.54) is 15.9 Å². The Bertz CT molecular complexity index is 999. The molecule has 1 saturated heterocycles. The number of amides is 1. The minimum Gasteiger partial charge on any atom is -0.353 e. The number of nitrogens with one attached hydrogen (secondary N) is 1. The first-order valence-electron chi connectivity index (χ1n) is 10.5. The average molecular weight is 483 g/mol. The van der Waals surface area contributed by atoms with Crippen LogP contribution < -0.4 is 5.32 Å². The lowest BCUT2D eigenvalue weighted by Crippen LogP contribution is -2.47. The van der Waals surface area contributed by atoms with E-state index in [0.717, 1.165) is 12.8 Å². The van der Waals surface area contributed by atoms with E-state index in [1.54, 1.807) is 12.1 Å². The van der Waals surface area contributed by atoms with Gasteiger partial charge in [-0.1, -0.05) is 59.6 Å². The van der Waals surface area contributed by atoms with E-state index in [-0.39, 0.29) is 30.2 Å². The molecule has 0 spiro atoms. The topological polar surface area (TPSA) is 66.5 Å². The maximum atomic E-state index is 12.9. The number of hydrogen-bond acceptors (Lipinski definition) is 3. The molecule has 1 aliphatic rings. The van der Waals surface area contributed by atoms with Crippen LogP contribution in [-0.4, -0.2) is 37.8 Å². The van der Waals surface area contributed by atoms with Gasteiger partial charge in [0.1, 0.15) is 0 Å². The summed E-state index contributed by atoms with van der Waals surface area (Å²) < 4.78 is 27.3. The van der Waals surface area contributed by atoms with Crippen molar-refractivity contribution in [2.24, 2.45) is 5.92 Å². The highest BCUT2D eigenvalue weighted by Gasteiger charge is 2.33. The second-order valence-corrected chi connectivity index (χ2v) is 10.9. The van der Waals surface area contributed by atoms with E-state index < -0.39 is 10.0 Å². The molecule has 8 heteroatoms. The van der Waals surface area contributed by atoms with Crippen molar-refractivity contribution in [1.82, 2.24) is 9.62 Å². The Morgan fingerprint density at radius 2 is 1.94 bits per heavy atom. The van der Waals surface area contributed by atoms with Crippen LogP contribution in [0.2, 0.25) is 10.0 Å². The molecule has 1 N–H and O–H groups in total. The van der Waals surface area contributed by atoms with Gasteiger partial charge in [0.05, 0.1) is 11.7 Å². The minimum absolute atomic E-state index is 0.0209. The standard InChI is InChI=1S/C23H28Cl2N2O3S/c1-17(9-10-18-6-3-2-4-7-18)26-23(28)19-8-5-13-27(15-19)31(29,30)16-20-11-12-21(24)14-22(20)25/h2-4,6-7,11-12,14,17,19H,5,8-10,13,15-16H2,1H3,(H,26,28). The summed E-state index contributed by atoms with van der Waals surface area (Å²) in [6.07, 6.45) is 3.06. The molecule has 0 aliphatic carbocycles. The number of benzene rings is 2. The van der Waals surface area contributed by atoms with E-state index in [9.17, 15) is 13.2 Å². The number of sulfonamides is 1. The number of carbonyl (C=O) groups is 1. The maximum Gasteiger partial charge on any atom is 0.224 e. The fourth-order valence-electron chi connectivity index (χ4n) is 3.80. The first-order chi connectivity index (χ1) is 14.7. The third-order valence-electron chi connectivity index (χ3n) is 5.60. The summed E-state index contributed by atoms with van der Waals surface area (Å²) in [5.74, 6) is -0.626. The van der Waals surface area contributed by atoms with E-state index in [4.69, 9.17) is 23.2 Å². The Morgan fingerprint density at radius 1 is 1.19 bits per heavy atom. The van der Waals surface area contributed by atoms with Crippen molar-refractivity contribution in [1.29, 1.82) is 0 Å². The Kier molecular flexibility index (Phi) is 8.39. The Labute approximate surface area is 194 Å². The molecule has 1 amide bonds. The van der Waals surface area contributed by atoms with Gasteiger partial charge in [-0.25, -0.2) is 12.7 Å². The molecule has 0 radical (unpaired) electrons. The average Bonchev–Trinajstić information content (AvgIpc) is 2.75. The SMILES string of the molecule is CC(CCc1ccccc1)NC(=O)C1CCCN(S(=O)(=O)Cc2ccc(Cl)cc2Cl)C1. The molecule has 1 fully saturated rings. The quantitative estimate of drug-likeness (QED) is 0.594. The molecule has 5 nitrogen and oxygen atoms in total. The zero-order chi connectivity index (χ0) is 22.4. The van der Waals surface area contributed by atoms with E-state index >= 15 is 0 Å². The van der Waals surface area contributed by atoms with Gasteiger partial charge < -0.3 is 5.32 Å². The van der Waals surface area contributed by atoms with Crippen molar-refractivity contribution >= 4 is 39.1 Å². The number of hydrogen-bond donors (Lipinski definition) is 1. The van der Waals surface area contributed by atoms with Crippen LogP contribution in [0.5, 0.6) is 0 Å². The summed E-state index contributed by atoms with van der Waals surface area (Å²) in [4.78, 5) is 12.8. The van der Waals surface area contributed by atoms with Crippen LogP contribution in [0.25, 0.3) is 0 Å². The molecule has 2 atom stereocenters. The van der Waals surface area contributed by atoms with Crippen LogP contribution in [0, 0.1) is 5.92 Å². The predicted octanol–water partition coefficient (Wildman–Crippen LogP) is 4.67. The third-order valence-corrected chi connectivity index (χ3v) is 7.98. The number of piperidine rings is 1. The summed E-state index contributed by atoms with van der Waals surface area (Å²) in [5.41, 5.74) is 1.74. The normalized spacial score (nSPS) is 18.5. The van der Waals surface area contributed by atoms with Gasteiger partial charge in [-0.05, 0) is 55.9 Å². The zero-order valence-electron chi connectivity index (χ0n) is 17.6. The second kappa shape index (κ2) is 10.8. The highest BCUT2D eigenvalue weighted by atomic mass is 35.5. The molecule has 0 bridgehead atoms. The first kappa shape index (κ1) is 24.1. The highest BCUT2D eigenvalue weighted by Crippen LogP contribution is 2.26. The third kappa shape index (κ3) is 6.94. The maximum absolute atomic E-state index is 12.9. The number of halogens is 2. The van der Waals surface area contributed by atoms with Gasteiger partial charge in [0, 0.05) is 29.2 Å². The number of aryl methyl sites for hydroxylation is 1. The lowest BCUT2D eigenvalue weighted by molar-refractivity contribution is -0.126. The van der Waals surface area contributed by atoms with Gasteiger partial charge in [0.2, 0.25) is 15.9 Å². The van der Waals surface area contributed by atoms with Crippen molar-refractivity contribution < 1.29 is 13.2 Å². The van der Waals surface area contributed by atoms with Crippen LogP contribution in [-0.2, 0) is 27.0 Å². The van der Waals surface area contributed by atoms with Crippen LogP contribution in [0.1, 0.15) is 37.3 Å². The lowest BCUT2D eigenvalue weighted by Gasteiger charge is -2.32. The Morgan fingerprint density at radius 3 is 2.65 bits per heavy atom. The fourth-order valence-corrected chi connectivity index (χ4v) is 5.99. The van der Waals surface area contributed by atoms with Crippen LogP contribution in [0.15, 0.2) is 48.5 Å². The monoisotopic (exact) mass is 482 g/mol. The first-order valence-corrected chi connectivity index (χ1v) is 12.9. The Balaban J connectivity index is 1.55. The van der Waals surface area contributed by atoms with Crippen LogP contribution in [0.4, 0.5) is 0 Å². The van der Waals surface area contributed by atoms with Crippen molar-refractivity contribution in [2.45, 2.75) is 44.4 Å². The smallest absolute Gasteiger partial charge is 0.224 e. The van der Waals surface area contributed by atoms with Gasteiger partial charge in [-0.15, -0.1) is 0 Å².